The standard InChI is InChI=1S/C67H119N11O14S/c1-26-28-29-43(15)56(80)55-60(84)70-46(27-2)62(86)76(22)51(36-93-31-30-52(79)92-25)65(89)72(18)48(33-38(5)6)59(83)71-53(41(11)12)66(90)73(19)47(32-37(3)4)58(82)68-44(16)57(81)69-45(17)61(85)74(20)49(34-39(7)8)63(87)75(21)50(35-40(9)10)64(88)77(23)54(42(13)14)67(91)78(55)24/h26,28,37-51,53-56,80H,27,29-36H2,1-25H3,(H,68,82)(H,69,81)(H,70,84)(H,71,83)/t43-,44-,45+,46-,47-,48+,49-,50-,51-,53-,54-,55-,56-/m1/s1. The minimum atomic E-state index is -1.67. The fourth-order valence-corrected chi connectivity index (χ4v) is 12.5. The molecule has 0 radical (unpaired) electrons. The summed E-state index contributed by atoms with van der Waals surface area (Å²) in [5.74, 6) is -10.8. The molecule has 0 aliphatic carbocycles. The van der Waals surface area contributed by atoms with E-state index in [1.807, 2.05) is 55.4 Å². The second kappa shape index (κ2) is 39.5. The Labute approximate surface area is 560 Å². The Balaban J connectivity index is 4.54. The van der Waals surface area contributed by atoms with Gasteiger partial charge in [-0.25, -0.2) is 0 Å². The van der Waals surface area contributed by atoms with Crippen molar-refractivity contribution in [2.75, 3.05) is 67.9 Å². The van der Waals surface area contributed by atoms with E-state index in [2.05, 4.69) is 21.3 Å². The molecule has 1 saturated heterocycles. The Kier molecular flexibility index (Phi) is 36.0. The van der Waals surface area contributed by atoms with Crippen LogP contribution in [-0.2, 0) is 62.3 Å². The van der Waals surface area contributed by atoms with Crippen LogP contribution in [0.25, 0.3) is 0 Å². The van der Waals surface area contributed by atoms with Crippen LogP contribution in [0.15, 0.2) is 12.2 Å². The number of esters is 1. The van der Waals surface area contributed by atoms with Gasteiger partial charge in [-0.15, -0.1) is 0 Å². The maximum Gasteiger partial charge on any atom is 0.306 e. The third-order valence-corrected chi connectivity index (χ3v) is 18.4. The van der Waals surface area contributed by atoms with E-state index in [0.29, 0.717) is 0 Å². The fourth-order valence-electron chi connectivity index (χ4n) is 11.4. The largest absolute Gasteiger partial charge is 0.469 e. The van der Waals surface area contributed by atoms with Gasteiger partial charge in [0.05, 0.1) is 19.6 Å². The Morgan fingerprint density at radius 2 is 0.903 bits per heavy atom. The number of aliphatic hydroxyl groups is 1. The summed E-state index contributed by atoms with van der Waals surface area (Å²) in [6.45, 7) is 29.7. The first-order valence-corrected chi connectivity index (χ1v) is 34.2. The molecule has 11 amide bonds. The average Bonchev–Trinajstić information content (AvgIpc) is 0.848. The number of hydrogen-bond donors (Lipinski definition) is 5. The lowest BCUT2D eigenvalue weighted by Gasteiger charge is -2.41. The Bertz CT molecular complexity index is 2570. The summed E-state index contributed by atoms with van der Waals surface area (Å²) in [4.78, 5) is 184. The van der Waals surface area contributed by atoms with Crippen molar-refractivity contribution in [3.05, 3.63) is 12.2 Å². The van der Waals surface area contributed by atoms with Gasteiger partial charge in [-0.2, -0.15) is 11.8 Å². The summed E-state index contributed by atoms with van der Waals surface area (Å²) in [6.07, 6.45) is 2.70. The van der Waals surface area contributed by atoms with Crippen LogP contribution in [-0.4, -0.2) is 251 Å². The van der Waals surface area contributed by atoms with E-state index < -0.39 is 161 Å². The predicted molar refractivity (Wildman–Crippen MR) is 361 cm³/mol. The second-order valence-corrected chi connectivity index (χ2v) is 28.9. The fraction of sp³-hybridized carbons (Fsp3) is 0.791. The highest BCUT2D eigenvalue weighted by Gasteiger charge is 2.46. The molecule has 26 heteroatoms. The number of carbonyl (C=O) groups excluding carboxylic acids is 12. The van der Waals surface area contributed by atoms with Crippen molar-refractivity contribution in [3.8, 4) is 0 Å². The van der Waals surface area contributed by atoms with Gasteiger partial charge in [0, 0.05) is 60.8 Å². The number of hydrogen-bond acceptors (Lipinski definition) is 15. The van der Waals surface area contributed by atoms with Crippen LogP contribution in [0.1, 0.15) is 163 Å². The van der Waals surface area contributed by atoms with Gasteiger partial charge in [0.15, 0.2) is 0 Å². The molecule has 0 bridgehead atoms. The highest BCUT2D eigenvalue weighted by molar-refractivity contribution is 7.99. The van der Waals surface area contributed by atoms with Gasteiger partial charge in [0.1, 0.15) is 66.5 Å². The lowest BCUT2D eigenvalue weighted by atomic mass is 9.91. The average molecular weight is 1330 g/mol. The van der Waals surface area contributed by atoms with Crippen LogP contribution in [0.3, 0.4) is 0 Å². The zero-order chi connectivity index (χ0) is 72.0. The number of nitrogens with one attached hydrogen (secondary N) is 4. The molecule has 0 aromatic rings. The summed E-state index contributed by atoms with van der Waals surface area (Å²) < 4.78 is 4.85. The predicted octanol–water partition coefficient (Wildman–Crippen LogP) is 3.93. The summed E-state index contributed by atoms with van der Waals surface area (Å²) in [6, 6.07) is -14.2. The molecular formula is C67H119N11O14S. The van der Waals surface area contributed by atoms with Crippen LogP contribution in [0.4, 0.5) is 0 Å². The van der Waals surface area contributed by atoms with E-state index >= 15 is 28.8 Å². The zero-order valence-electron chi connectivity index (χ0n) is 60.8. The quantitative estimate of drug-likeness (QED) is 0.0655. The third kappa shape index (κ3) is 24.4. The van der Waals surface area contributed by atoms with Crippen LogP contribution in [0.5, 0.6) is 0 Å². The first-order chi connectivity index (χ1) is 43.1. The van der Waals surface area contributed by atoms with Gasteiger partial charge >= 0.3 is 5.97 Å². The number of aliphatic hydroxyl groups excluding tert-OH is 1. The van der Waals surface area contributed by atoms with E-state index in [0.717, 1.165) is 9.80 Å². The molecule has 1 aliphatic rings. The number of carbonyl (C=O) groups is 12. The topological polar surface area (TPSA) is 305 Å². The van der Waals surface area contributed by atoms with Gasteiger partial charge in [-0.05, 0) is 101 Å². The molecule has 25 nitrogen and oxygen atoms in total. The molecule has 1 rings (SSSR count). The van der Waals surface area contributed by atoms with Crippen LogP contribution in [0.2, 0.25) is 0 Å². The van der Waals surface area contributed by atoms with Gasteiger partial charge in [0.25, 0.3) is 0 Å². The Morgan fingerprint density at radius 3 is 1.35 bits per heavy atom. The highest BCUT2D eigenvalue weighted by Crippen LogP contribution is 2.26. The van der Waals surface area contributed by atoms with Crippen LogP contribution < -0.4 is 21.3 Å². The van der Waals surface area contributed by atoms with Crippen molar-refractivity contribution < 1.29 is 67.4 Å². The van der Waals surface area contributed by atoms with E-state index in [9.17, 15) is 33.9 Å². The van der Waals surface area contributed by atoms with E-state index in [1.165, 1.54) is 107 Å². The van der Waals surface area contributed by atoms with Crippen molar-refractivity contribution in [2.24, 2.45) is 41.4 Å². The van der Waals surface area contributed by atoms with Crippen molar-refractivity contribution in [1.29, 1.82) is 0 Å². The summed E-state index contributed by atoms with van der Waals surface area (Å²) in [7, 11) is 11.1. The summed E-state index contributed by atoms with van der Waals surface area (Å²) >= 11 is 1.17. The number of thioether (sulfide) groups is 1. The Morgan fingerprint density at radius 1 is 0.495 bits per heavy atom. The number of likely N-dealkylation sites (N-methyl/N-ethyl adjacent to an activating group) is 7. The van der Waals surface area contributed by atoms with Gasteiger partial charge < -0.3 is 65.4 Å². The van der Waals surface area contributed by atoms with Gasteiger partial charge in [-0.3, -0.25) is 57.5 Å². The van der Waals surface area contributed by atoms with Crippen LogP contribution in [0, 0.1) is 41.4 Å². The molecule has 0 spiro atoms. The maximum absolute atomic E-state index is 15.3. The number of nitrogens with zero attached hydrogens (tertiary/aromatic N) is 7. The number of methoxy groups -OCH3 is 1. The first-order valence-electron chi connectivity index (χ1n) is 33.1. The van der Waals surface area contributed by atoms with E-state index in [4.69, 9.17) is 4.74 Å². The molecule has 5 N–H and O–H groups in total. The normalized spacial score (nSPS) is 26.3. The second-order valence-electron chi connectivity index (χ2n) is 27.7. The SMILES string of the molecule is CC=CC[C@@H](C)[C@@H](O)[C@@H]1C(=O)N[C@H](CC)C(=O)N(C)[C@H](CSCCC(=O)OC)C(=O)N(C)[C@@H](CC(C)C)C(=O)N[C@H](C(C)C)C(=O)N(C)[C@H](CC(C)C)C(=O)N[C@H](C)C(=O)N[C@@H](C)C(=O)N(C)[C@H](CC(C)C)C(=O)N(C)[C@H](CC(C)C)C(=O)N(C)[C@H](C(C)C)C(=O)N1C. The van der Waals surface area contributed by atoms with Crippen molar-refractivity contribution >= 4 is 82.7 Å². The molecule has 0 saturated carbocycles. The summed E-state index contributed by atoms with van der Waals surface area (Å²) in [5.41, 5.74) is 0. The van der Waals surface area contributed by atoms with Crippen molar-refractivity contribution in [3.63, 3.8) is 0 Å². The monoisotopic (exact) mass is 1330 g/mol. The third-order valence-electron chi connectivity index (χ3n) is 17.3. The minimum Gasteiger partial charge on any atom is -0.469 e. The molecule has 1 heterocycles. The number of allylic oxidation sites excluding steroid dienone is 2. The lowest BCUT2D eigenvalue weighted by molar-refractivity contribution is -0.157. The molecule has 532 valence electrons. The van der Waals surface area contributed by atoms with E-state index in [1.54, 1.807) is 60.6 Å². The molecule has 93 heavy (non-hydrogen) atoms. The van der Waals surface area contributed by atoms with Gasteiger partial charge in [-0.1, -0.05) is 109 Å². The van der Waals surface area contributed by atoms with Crippen molar-refractivity contribution in [1.82, 2.24) is 55.6 Å². The molecule has 1 fully saturated rings. The number of ether oxygens (including phenoxy) is 1. The van der Waals surface area contributed by atoms with E-state index in [-0.39, 0.29) is 80.1 Å². The van der Waals surface area contributed by atoms with Gasteiger partial charge in [0.2, 0.25) is 65.0 Å². The zero-order valence-corrected chi connectivity index (χ0v) is 61.6. The molecule has 0 unspecified atom stereocenters. The molecule has 0 aromatic heterocycles. The molecule has 13 atom stereocenters. The summed E-state index contributed by atoms with van der Waals surface area (Å²) in [5, 5.41) is 23.3. The maximum atomic E-state index is 15.3. The highest BCUT2D eigenvalue weighted by atomic mass is 32.2. The van der Waals surface area contributed by atoms with Crippen molar-refractivity contribution in [2.45, 2.75) is 235 Å². The molecule has 0 aromatic carbocycles. The Hall–Kier alpha value is -6.31. The number of rotatable bonds is 20. The number of amides is 11. The lowest BCUT2D eigenvalue weighted by Crippen LogP contribution is -2.64. The first kappa shape index (κ1) is 84.7. The smallest absolute Gasteiger partial charge is 0.306 e. The minimum absolute atomic E-state index is 0.0356. The van der Waals surface area contributed by atoms with Crippen LogP contribution >= 0.6 is 11.8 Å². The molecular weight excluding hydrogens is 1210 g/mol. The molecule has 1 aliphatic heterocycles.